The molecule has 1 amide bonds. The van der Waals surface area contributed by atoms with Gasteiger partial charge >= 0.3 is 5.97 Å². The van der Waals surface area contributed by atoms with E-state index >= 15 is 0 Å². The van der Waals surface area contributed by atoms with Gasteiger partial charge in [-0.1, -0.05) is 12.1 Å². The Labute approximate surface area is 122 Å². The van der Waals surface area contributed by atoms with E-state index in [1.165, 1.54) is 0 Å². The van der Waals surface area contributed by atoms with Crippen molar-refractivity contribution in [3.8, 4) is 5.75 Å². The molecule has 0 radical (unpaired) electrons. The molecule has 0 aromatic heterocycles. The van der Waals surface area contributed by atoms with Crippen molar-refractivity contribution >= 4 is 24.5 Å². The van der Waals surface area contributed by atoms with Gasteiger partial charge in [-0.2, -0.15) is 12.6 Å². The largest absolute Gasteiger partial charge is 0.493 e. The molecule has 2 rings (SSSR count). The second-order valence-electron chi connectivity index (χ2n) is 4.74. The number of nitrogens with one attached hydrogen (secondary N) is 1. The molecule has 1 atom stereocenters. The standard InChI is InChI=1S/C14H17NO4S/c16-13(17)7-15-14(18)11(8-20)6-9-1-2-12-10(5-9)3-4-19-12/h1-2,5,11,20H,3-4,6-8H2,(H,15,18)(H,16,17). The lowest BCUT2D eigenvalue weighted by molar-refractivity contribution is -0.138. The molecule has 1 unspecified atom stereocenters. The molecule has 0 bridgehead atoms. The van der Waals surface area contributed by atoms with Crippen LogP contribution in [0, 0.1) is 5.92 Å². The number of aliphatic carboxylic acids is 1. The van der Waals surface area contributed by atoms with E-state index in [1.807, 2.05) is 18.2 Å². The highest BCUT2D eigenvalue weighted by molar-refractivity contribution is 7.80. The molecule has 20 heavy (non-hydrogen) atoms. The van der Waals surface area contributed by atoms with Crippen molar-refractivity contribution in [2.75, 3.05) is 18.9 Å². The lowest BCUT2D eigenvalue weighted by atomic mass is 9.98. The molecule has 0 fully saturated rings. The normalized spacial score (nSPS) is 14.2. The molecule has 5 nitrogen and oxygen atoms in total. The zero-order valence-corrected chi connectivity index (χ0v) is 11.9. The van der Waals surface area contributed by atoms with Crippen LogP contribution in [0.2, 0.25) is 0 Å². The summed E-state index contributed by atoms with van der Waals surface area (Å²) >= 11 is 4.18. The Hall–Kier alpha value is -1.69. The highest BCUT2D eigenvalue weighted by Gasteiger charge is 2.19. The molecule has 0 saturated carbocycles. The van der Waals surface area contributed by atoms with Gasteiger partial charge in [0.2, 0.25) is 5.91 Å². The number of rotatable bonds is 6. The number of benzene rings is 1. The topological polar surface area (TPSA) is 75.6 Å². The quantitative estimate of drug-likeness (QED) is 0.682. The highest BCUT2D eigenvalue weighted by Crippen LogP contribution is 2.26. The van der Waals surface area contributed by atoms with E-state index < -0.39 is 5.97 Å². The fourth-order valence-electron chi connectivity index (χ4n) is 2.20. The first-order valence-electron chi connectivity index (χ1n) is 6.45. The zero-order valence-electron chi connectivity index (χ0n) is 11.0. The van der Waals surface area contributed by atoms with Crippen LogP contribution in [-0.4, -0.2) is 35.9 Å². The van der Waals surface area contributed by atoms with Crippen LogP contribution in [0.15, 0.2) is 18.2 Å². The number of carboxylic acids is 1. The molecule has 108 valence electrons. The number of ether oxygens (including phenoxy) is 1. The molecule has 2 N–H and O–H groups in total. The Morgan fingerprint density at radius 2 is 2.25 bits per heavy atom. The monoisotopic (exact) mass is 295 g/mol. The van der Waals surface area contributed by atoms with Crippen molar-refractivity contribution in [2.24, 2.45) is 5.92 Å². The summed E-state index contributed by atoms with van der Waals surface area (Å²) in [6.07, 6.45) is 1.43. The van der Waals surface area contributed by atoms with Crippen LogP contribution < -0.4 is 10.1 Å². The van der Waals surface area contributed by atoms with E-state index in [0.717, 1.165) is 23.3 Å². The van der Waals surface area contributed by atoms with E-state index in [9.17, 15) is 9.59 Å². The van der Waals surface area contributed by atoms with Gasteiger partial charge in [0.25, 0.3) is 0 Å². The first kappa shape index (κ1) is 14.7. The molecular weight excluding hydrogens is 278 g/mol. The highest BCUT2D eigenvalue weighted by atomic mass is 32.1. The molecule has 1 aliphatic heterocycles. The smallest absolute Gasteiger partial charge is 0.322 e. The van der Waals surface area contributed by atoms with Crippen LogP contribution >= 0.6 is 12.6 Å². The minimum absolute atomic E-state index is 0.279. The van der Waals surface area contributed by atoms with Gasteiger partial charge in [0, 0.05) is 12.2 Å². The SMILES string of the molecule is O=C(O)CNC(=O)C(CS)Cc1ccc2c(c1)CCO2. The van der Waals surface area contributed by atoms with Crippen LogP contribution in [0.5, 0.6) is 5.75 Å². The van der Waals surface area contributed by atoms with Crippen LogP contribution in [0.3, 0.4) is 0 Å². The Morgan fingerprint density at radius 1 is 1.45 bits per heavy atom. The maximum Gasteiger partial charge on any atom is 0.322 e. The number of fused-ring (bicyclic) bond motifs is 1. The predicted molar refractivity (Wildman–Crippen MR) is 77.3 cm³/mol. The summed E-state index contributed by atoms with van der Waals surface area (Å²) in [6.45, 7) is 0.342. The summed E-state index contributed by atoms with van der Waals surface area (Å²) in [5.74, 6) is -0.381. The molecule has 0 saturated heterocycles. The molecule has 1 heterocycles. The Bertz CT molecular complexity index is 518. The average molecular weight is 295 g/mol. The Morgan fingerprint density at radius 3 is 2.95 bits per heavy atom. The van der Waals surface area contributed by atoms with E-state index in [4.69, 9.17) is 9.84 Å². The zero-order chi connectivity index (χ0) is 14.5. The van der Waals surface area contributed by atoms with E-state index in [-0.39, 0.29) is 18.4 Å². The molecule has 1 aromatic rings. The maximum absolute atomic E-state index is 11.9. The molecule has 1 aliphatic rings. The fraction of sp³-hybridized carbons (Fsp3) is 0.429. The number of carbonyl (C=O) groups is 2. The van der Waals surface area contributed by atoms with Crippen molar-refractivity contribution < 1.29 is 19.4 Å². The van der Waals surface area contributed by atoms with Crippen LogP contribution in [0.25, 0.3) is 0 Å². The van der Waals surface area contributed by atoms with Gasteiger partial charge in [-0.05, 0) is 23.6 Å². The summed E-state index contributed by atoms with van der Waals surface area (Å²) in [4.78, 5) is 22.3. The van der Waals surface area contributed by atoms with Crippen molar-refractivity contribution in [2.45, 2.75) is 12.8 Å². The number of amides is 1. The second kappa shape index (κ2) is 6.65. The third-order valence-corrected chi connectivity index (χ3v) is 3.68. The average Bonchev–Trinajstić information content (AvgIpc) is 2.89. The van der Waals surface area contributed by atoms with Crippen LogP contribution in [-0.2, 0) is 22.4 Å². The van der Waals surface area contributed by atoms with Crippen molar-refractivity contribution in [1.82, 2.24) is 5.32 Å². The van der Waals surface area contributed by atoms with Crippen LogP contribution in [0.4, 0.5) is 0 Å². The minimum atomic E-state index is -1.05. The lowest BCUT2D eigenvalue weighted by Gasteiger charge is -2.14. The molecular formula is C14H17NO4S. The predicted octanol–water partition coefficient (Wildman–Crippen LogP) is 0.911. The van der Waals surface area contributed by atoms with Crippen LogP contribution in [0.1, 0.15) is 11.1 Å². The molecule has 0 aliphatic carbocycles. The summed E-state index contributed by atoms with van der Waals surface area (Å²) in [6, 6.07) is 5.90. The van der Waals surface area contributed by atoms with E-state index in [0.29, 0.717) is 18.8 Å². The summed E-state index contributed by atoms with van der Waals surface area (Å²) < 4.78 is 5.44. The minimum Gasteiger partial charge on any atom is -0.493 e. The summed E-state index contributed by atoms with van der Waals surface area (Å²) in [7, 11) is 0. The Balaban J connectivity index is 1.99. The number of carbonyl (C=O) groups excluding carboxylic acids is 1. The number of hydrogen-bond acceptors (Lipinski definition) is 4. The number of hydrogen-bond donors (Lipinski definition) is 3. The summed E-state index contributed by atoms with van der Waals surface area (Å²) in [5, 5.41) is 11.0. The van der Waals surface area contributed by atoms with Gasteiger partial charge in [-0.3, -0.25) is 9.59 Å². The first-order chi connectivity index (χ1) is 9.60. The Kier molecular flexibility index (Phi) is 4.89. The third kappa shape index (κ3) is 3.66. The number of thiol groups is 1. The lowest BCUT2D eigenvalue weighted by Crippen LogP contribution is -2.36. The van der Waals surface area contributed by atoms with E-state index in [2.05, 4.69) is 17.9 Å². The van der Waals surface area contributed by atoms with Crippen molar-refractivity contribution in [3.63, 3.8) is 0 Å². The van der Waals surface area contributed by atoms with Gasteiger partial charge < -0.3 is 15.2 Å². The second-order valence-corrected chi connectivity index (χ2v) is 5.10. The van der Waals surface area contributed by atoms with Crippen molar-refractivity contribution in [3.05, 3.63) is 29.3 Å². The van der Waals surface area contributed by atoms with Gasteiger partial charge in [0.05, 0.1) is 12.5 Å². The van der Waals surface area contributed by atoms with Gasteiger partial charge in [-0.25, -0.2) is 0 Å². The van der Waals surface area contributed by atoms with Gasteiger partial charge in [-0.15, -0.1) is 0 Å². The molecule has 6 heteroatoms. The molecule has 1 aromatic carbocycles. The van der Waals surface area contributed by atoms with E-state index in [1.54, 1.807) is 0 Å². The fourth-order valence-corrected chi connectivity index (χ4v) is 2.49. The van der Waals surface area contributed by atoms with Gasteiger partial charge in [0.15, 0.2) is 0 Å². The van der Waals surface area contributed by atoms with Crippen molar-refractivity contribution in [1.29, 1.82) is 0 Å². The summed E-state index contributed by atoms with van der Waals surface area (Å²) in [5.41, 5.74) is 2.20. The number of carboxylic acid groups (broad SMARTS) is 1. The first-order valence-corrected chi connectivity index (χ1v) is 7.08. The van der Waals surface area contributed by atoms with Gasteiger partial charge in [0.1, 0.15) is 12.3 Å². The third-order valence-electron chi connectivity index (χ3n) is 3.24. The molecule has 0 spiro atoms. The maximum atomic E-state index is 11.9.